The topological polar surface area (TPSA) is 54.9 Å². The summed E-state index contributed by atoms with van der Waals surface area (Å²) in [6.45, 7) is 1.97. The molecule has 4 rings (SSSR count). The number of hydrogen-bond donors (Lipinski definition) is 1. The maximum absolute atomic E-state index is 12.2. The monoisotopic (exact) mass is 379 g/mol. The van der Waals surface area contributed by atoms with Crippen LogP contribution >= 0.6 is 22.7 Å². The summed E-state index contributed by atoms with van der Waals surface area (Å²) in [5, 5.41) is 8.83. The third kappa shape index (κ3) is 3.66. The molecule has 4 aromatic rings. The van der Waals surface area contributed by atoms with Gasteiger partial charge in [-0.3, -0.25) is 4.79 Å². The smallest absolute Gasteiger partial charge is 0.231 e. The van der Waals surface area contributed by atoms with Crippen molar-refractivity contribution >= 4 is 44.5 Å². The Hall–Kier alpha value is -2.57. The Balaban J connectivity index is 1.52. The number of rotatable bonds is 5. The predicted octanol–water partition coefficient (Wildman–Crippen LogP) is 4.83. The van der Waals surface area contributed by atoms with Gasteiger partial charge < -0.3 is 5.32 Å². The minimum atomic E-state index is -0.0524. The van der Waals surface area contributed by atoms with E-state index >= 15 is 0 Å². The van der Waals surface area contributed by atoms with Gasteiger partial charge in [0.2, 0.25) is 5.91 Å². The van der Waals surface area contributed by atoms with Gasteiger partial charge in [-0.05, 0) is 23.3 Å². The summed E-state index contributed by atoms with van der Waals surface area (Å²) < 4.78 is 0. The number of benzene rings is 2. The molecule has 6 heteroatoms. The van der Waals surface area contributed by atoms with Gasteiger partial charge in [0.05, 0.1) is 17.1 Å². The molecule has 2 heterocycles. The van der Waals surface area contributed by atoms with Crippen LogP contribution in [-0.4, -0.2) is 15.9 Å². The molecule has 0 saturated heterocycles. The molecule has 2 aromatic carbocycles. The third-order valence-corrected chi connectivity index (χ3v) is 6.00. The average Bonchev–Trinajstić information content (AvgIpc) is 3.25. The maximum atomic E-state index is 12.2. The Kier molecular flexibility index (Phi) is 4.77. The number of aryl methyl sites for hydroxylation is 1. The second kappa shape index (κ2) is 7.35. The molecule has 0 atom stereocenters. The summed E-state index contributed by atoms with van der Waals surface area (Å²) in [7, 11) is 0. The lowest BCUT2D eigenvalue weighted by molar-refractivity contribution is -0.115. The SMILES string of the molecule is Cc1nc(Cc2cccc3ccccc23)sc1CC(=O)Nc1nccs1. The molecule has 0 bridgehead atoms. The van der Waals surface area contributed by atoms with Gasteiger partial charge in [0.1, 0.15) is 0 Å². The molecular weight excluding hydrogens is 362 g/mol. The number of carbonyl (C=O) groups is 1. The van der Waals surface area contributed by atoms with E-state index in [4.69, 9.17) is 0 Å². The van der Waals surface area contributed by atoms with Crippen molar-refractivity contribution in [3.05, 3.63) is 75.2 Å². The van der Waals surface area contributed by atoms with E-state index in [2.05, 4.69) is 57.7 Å². The van der Waals surface area contributed by atoms with Gasteiger partial charge in [0.15, 0.2) is 5.13 Å². The van der Waals surface area contributed by atoms with Gasteiger partial charge >= 0.3 is 0 Å². The highest BCUT2D eigenvalue weighted by Crippen LogP contribution is 2.25. The normalized spacial score (nSPS) is 11.0. The fourth-order valence-electron chi connectivity index (χ4n) is 2.93. The molecule has 0 radical (unpaired) electrons. The molecule has 0 aliphatic rings. The van der Waals surface area contributed by atoms with Crippen LogP contribution in [0, 0.1) is 6.92 Å². The van der Waals surface area contributed by atoms with Crippen LogP contribution in [0.2, 0.25) is 0 Å². The summed E-state index contributed by atoms with van der Waals surface area (Å²) in [6.07, 6.45) is 2.79. The zero-order valence-electron chi connectivity index (χ0n) is 14.2. The Morgan fingerprint density at radius 2 is 2.00 bits per heavy atom. The largest absolute Gasteiger partial charge is 0.302 e. The number of amides is 1. The average molecular weight is 380 g/mol. The number of nitrogens with one attached hydrogen (secondary N) is 1. The molecule has 2 aromatic heterocycles. The number of anilines is 1. The van der Waals surface area contributed by atoms with E-state index in [1.54, 1.807) is 17.5 Å². The first-order valence-electron chi connectivity index (χ1n) is 8.30. The molecule has 0 aliphatic heterocycles. The van der Waals surface area contributed by atoms with Gasteiger partial charge in [0.25, 0.3) is 0 Å². The van der Waals surface area contributed by atoms with Crippen LogP contribution in [0.1, 0.15) is 21.1 Å². The van der Waals surface area contributed by atoms with Crippen molar-refractivity contribution in [2.45, 2.75) is 19.8 Å². The highest BCUT2D eigenvalue weighted by Gasteiger charge is 2.14. The molecule has 0 spiro atoms. The van der Waals surface area contributed by atoms with E-state index < -0.39 is 0 Å². The van der Waals surface area contributed by atoms with E-state index in [1.807, 2.05) is 12.3 Å². The van der Waals surface area contributed by atoms with Crippen molar-refractivity contribution in [3.8, 4) is 0 Å². The Morgan fingerprint density at radius 1 is 1.15 bits per heavy atom. The van der Waals surface area contributed by atoms with E-state index in [0.29, 0.717) is 11.6 Å². The van der Waals surface area contributed by atoms with Crippen LogP contribution in [0.15, 0.2) is 54.0 Å². The molecule has 26 heavy (non-hydrogen) atoms. The lowest BCUT2D eigenvalue weighted by Gasteiger charge is -2.04. The van der Waals surface area contributed by atoms with Gasteiger partial charge in [-0.2, -0.15) is 0 Å². The van der Waals surface area contributed by atoms with Crippen molar-refractivity contribution in [1.29, 1.82) is 0 Å². The summed E-state index contributed by atoms with van der Waals surface area (Å²) >= 11 is 3.03. The van der Waals surface area contributed by atoms with Crippen LogP contribution in [0.3, 0.4) is 0 Å². The van der Waals surface area contributed by atoms with Gasteiger partial charge in [-0.25, -0.2) is 9.97 Å². The van der Waals surface area contributed by atoms with Crippen molar-refractivity contribution < 1.29 is 4.79 Å². The molecule has 4 nitrogen and oxygen atoms in total. The number of thiazole rings is 2. The number of carbonyl (C=O) groups excluding carboxylic acids is 1. The van der Waals surface area contributed by atoms with E-state index in [1.165, 1.54) is 27.7 Å². The molecule has 0 saturated carbocycles. The second-order valence-corrected chi connectivity index (χ2v) is 8.06. The van der Waals surface area contributed by atoms with Crippen LogP contribution in [0.4, 0.5) is 5.13 Å². The fraction of sp³-hybridized carbons (Fsp3) is 0.150. The van der Waals surface area contributed by atoms with E-state index in [0.717, 1.165) is 22.0 Å². The summed E-state index contributed by atoms with van der Waals surface area (Å²) in [6, 6.07) is 14.7. The van der Waals surface area contributed by atoms with Gasteiger partial charge in [0, 0.05) is 22.9 Å². The Morgan fingerprint density at radius 3 is 2.85 bits per heavy atom. The Labute approximate surface area is 159 Å². The van der Waals surface area contributed by atoms with Crippen molar-refractivity contribution in [3.63, 3.8) is 0 Å². The molecule has 0 aliphatic carbocycles. The standard InChI is InChI=1S/C20H17N3OS2/c1-13-17(12-18(24)23-20-21-9-10-25-20)26-19(22-13)11-15-7-4-6-14-5-2-3-8-16(14)15/h2-10H,11-12H2,1H3,(H,21,23,24). The van der Waals surface area contributed by atoms with E-state index in [-0.39, 0.29) is 5.91 Å². The number of aromatic nitrogens is 2. The van der Waals surface area contributed by atoms with Gasteiger partial charge in [-0.1, -0.05) is 42.5 Å². The third-order valence-electron chi connectivity index (χ3n) is 4.16. The lowest BCUT2D eigenvalue weighted by Crippen LogP contribution is -2.13. The molecule has 130 valence electrons. The first kappa shape index (κ1) is 16.9. The van der Waals surface area contributed by atoms with Crippen molar-refractivity contribution in [1.82, 2.24) is 9.97 Å². The summed E-state index contributed by atoms with van der Waals surface area (Å²) in [5.41, 5.74) is 2.19. The molecular formula is C20H17N3OS2. The molecule has 1 amide bonds. The fourth-order valence-corrected chi connectivity index (χ4v) is 4.57. The van der Waals surface area contributed by atoms with Crippen LogP contribution in [0.5, 0.6) is 0 Å². The first-order chi connectivity index (χ1) is 12.7. The highest BCUT2D eigenvalue weighted by molar-refractivity contribution is 7.13. The second-order valence-electron chi connectivity index (χ2n) is 5.99. The van der Waals surface area contributed by atoms with Crippen molar-refractivity contribution in [2.75, 3.05) is 5.32 Å². The maximum Gasteiger partial charge on any atom is 0.231 e. The molecule has 1 N–H and O–H groups in total. The Bertz CT molecular complexity index is 1050. The minimum absolute atomic E-state index is 0.0524. The number of hydrogen-bond acceptors (Lipinski definition) is 5. The summed E-state index contributed by atoms with van der Waals surface area (Å²) in [4.78, 5) is 22.0. The van der Waals surface area contributed by atoms with Crippen LogP contribution in [0.25, 0.3) is 10.8 Å². The van der Waals surface area contributed by atoms with Crippen molar-refractivity contribution in [2.24, 2.45) is 0 Å². The molecule has 0 unspecified atom stereocenters. The van der Waals surface area contributed by atoms with Gasteiger partial charge in [-0.15, -0.1) is 22.7 Å². The quantitative estimate of drug-likeness (QED) is 0.540. The minimum Gasteiger partial charge on any atom is -0.302 e. The summed E-state index contributed by atoms with van der Waals surface area (Å²) in [5.74, 6) is -0.0524. The lowest BCUT2D eigenvalue weighted by atomic mass is 10.0. The predicted molar refractivity (Wildman–Crippen MR) is 108 cm³/mol. The number of fused-ring (bicyclic) bond motifs is 1. The van der Waals surface area contributed by atoms with Crippen LogP contribution in [-0.2, 0) is 17.6 Å². The molecule has 0 fully saturated rings. The number of nitrogens with zero attached hydrogens (tertiary/aromatic N) is 2. The zero-order valence-corrected chi connectivity index (χ0v) is 15.9. The first-order valence-corrected chi connectivity index (χ1v) is 10.00. The van der Waals surface area contributed by atoms with E-state index in [9.17, 15) is 4.79 Å². The van der Waals surface area contributed by atoms with Crippen LogP contribution < -0.4 is 5.32 Å². The zero-order chi connectivity index (χ0) is 17.9. The highest BCUT2D eigenvalue weighted by atomic mass is 32.1.